The van der Waals surface area contributed by atoms with Crippen molar-refractivity contribution in [2.45, 2.75) is 58.1 Å². The number of urea groups is 1. The van der Waals surface area contributed by atoms with E-state index in [0.717, 1.165) is 38.8 Å². The van der Waals surface area contributed by atoms with Crippen molar-refractivity contribution in [1.82, 2.24) is 15.1 Å². The Morgan fingerprint density at radius 2 is 1.52 bits per heavy atom. The van der Waals surface area contributed by atoms with Gasteiger partial charge in [-0.2, -0.15) is 0 Å². The van der Waals surface area contributed by atoms with Gasteiger partial charge in [-0.05, 0) is 46.5 Å². The minimum absolute atomic E-state index is 0.0995. The SMILES string of the molecule is CC(C)(C)OC(=O)NC1CCN(C(=O)N2CCCC2)CC1. The molecule has 0 aromatic heterocycles. The third kappa shape index (κ3) is 4.79. The smallest absolute Gasteiger partial charge is 0.407 e. The van der Waals surface area contributed by atoms with Crippen molar-refractivity contribution >= 4 is 12.1 Å². The summed E-state index contributed by atoms with van der Waals surface area (Å²) in [6.45, 7) is 8.73. The molecule has 0 saturated carbocycles. The van der Waals surface area contributed by atoms with E-state index in [-0.39, 0.29) is 18.2 Å². The standard InChI is InChI=1S/C15H27N3O3/c1-15(2,3)21-13(19)16-12-6-10-18(11-7-12)14(20)17-8-4-5-9-17/h12H,4-11H2,1-3H3,(H,16,19). The molecule has 2 rings (SSSR count). The van der Waals surface area contributed by atoms with Crippen LogP contribution in [0.25, 0.3) is 0 Å². The second kappa shape index (κ2) is 6.54. The number of nitrogens with one attached hydrogen (secondary N) is 1. The van der Waals surface area contributed by atoms with Gasteiger partial charge in [0.15, 0.2) is 0 Å². The highest BCUT2D eigenvalue weighted by atomic mass is 16.6. The molecule has 1 N–H and O–H groups in total. The molecule has 0 unspecified atom stereocenters. The van der Waals surface area contributed by atoms with E-state index >= 15 is 0 Å². The summed E-state index contributed by atoms with van der Waals surface area (Å²) in [4.78, 5) is 27.8. The van der Waals surface area contributed by atoms with Gasteiger partial charge >= 0.3 is 12.1 Å². The van der Waals surface area contributed by atoms with Crippen LogP contribution < -0.4 is 5.32 Å². The number of ether oxygens (including phenoxy) is 1. The third-order valence-electron chi connectivity index (χ3n) is 3.86. The molecule has 2 fully saturated rings. The van der Waals surface area contributed by atoms with Gasteiger partial charge in [0, 0.05) is 32.2 Å². The lowest BCUT2D eigenvalue weighted by Crippen LogP contribution is -2.50. The molecule has 2 aliphatic rings. The fourth-order valence-electron chi connectivity index (χ4n) is 2.80. The highest BCUT2D eigenvalue weighted by Crippen LogP contribution is 2.16. The van der Waals surface area contributed by atoms with E-state index in [2.05, 4.69) is 5.32 Å². The number of hydrogen-bond acceptors (Lipinski definition) is 3. The zero-order valence-corrected chi connectivity index (χ0v) is 13.4. The van der Waals surface area contributed by atoms with Crippen LogP contribution >= 0.6 is 0 Å². The molecule has 0 aliphatic carbocycles. The van der Waals surface area contributed by atoms with Crippen LogP contribution in [0.2, 0.25) is 0 Å². The first-order valence-corrected chi connectivity index (χ1v) is 7.88. The molecule has 21 heavy (non-hydrogen) atoms. The van der Waals surface area contributed by atoms with Gasteiger partial charge in [0.25, 0.3) is 0 Å². The summed E-state index contributed by atoms with van der Waals surface area (Å²) < 4.78 is 5.26. The number of carbonyl (C=O) groups is 2. The number of amides is 3. The Balaban J connectivity index is 1.73. The summed E-state index contributed by atoms with van der Waals surface area (Å²) in [7, 11) is 0. The van der Waals surface area contributed by atoms with Crippen molar-refractivity contribution in [2.75, 3.05) is 26.2 Å². The van der Waals surface area contributed by atoms with Gasteiger partial charge < -0.3 is 19.9 Å². The van der Waals surface area contributed by atoms with E-state index in [1.54, 1.807) is 0 Å². The van der Waals surface area contributed by atoms with Crippen LogP contribution in [-0.4, -0.2) is 59.7 Å². The van der Waals surface area contributed by atoms with E-state index < -0.39 is 5.60 Å². The topological polar surface area (TPSA) is 61.9 Å². The summed E-state index contributed by atoms with van der Waals surface area (Å²) in [6.07, 6.45) is 3.44. The fraction of sp³-hybridized carbons (Fsp3) is 0.867. The van der Waals surface area contributed by atoms with Crippen LogP contribution in [-0.2, 0) is 4.74 Å². The molecule has 0 aromatic rings. The van der Waals surface area contributed by atoms with Crippen LogP contribution in [0.4, 0.5) is 9.59 Å². The predicted octanol–water partition coefficient (Wildman–Crippen LogP) is 2.19. The maximum absolute atomic E-state index is 12.3. The first-order valence-electron chi connectivity index (χ1n) is 7.88. The van der Waals surface area contributed by atoms with Gasteiger partial charge in [0.1, 0.15) is 5.60 Å². The van der Waals surface area contributed by atoms with E-state index in [1.165, 1.54) is 0 Å². The summed E-state index contributed by atoms with van der Waals surface area (Å²) >= 11 is 0. The maximum atomic E-state index is 12.3. The molecule has 2 heterocycles. The van der Waals surface area contributed by atoms with Crippen molar-refractivity contribution < 1.29 is 14.3 Å². The lowest BCUT2D eigenvalue weighted by molar-refractivity contribution is 0.0483. The Labute approximate surface area is 126 Å². The molecule has 0 bridgehead atoms. The highest BCUT2D eigenvalue weighted by Gasteiger charge is 2.29. The minimum atomic E-state index is -0.476. The average Bonchev–Trinajstić information content (AvgIpc) is 2.90. The van der Waals surface area contributed by atoms with Crippen molar-refractivity contribution in [2.24, 2.45) is 0 Å². The fourth-order valence-corrected chi connectivity index (χ4v) is 2.80. The Morgan fingerprint density at radius 1 is 1.00 bits per heavy atom. The van der Waals surface area contributed by atoms with Crippen LogP contribution in [0.1, 0.15) is 46.5 Å². The maximum Gasteiger partial charge on any atom is 0.407 e. The Bertz CT molecular complexity index is 378. The lowest BCUT2D eigenvalue weighted by Gasteiger charge is -2.35. The summed E-state index contributed by atoms with van der Waals surface area (Å²) in [6, 6.07) is 0.255. The zero-order valence-electron chi connectivity index (χ0n) is 13.4. The second-order valence-electron chi connectivity index (χ2n) is 6.88. The molecular weight excluding hydrogens is 270 g/mol. The summed E-state index contributed by atoms with van der Waals surface area (Å²) in [5.41, 5.74) is -0.476. The van der Waals surface area contributed by atoms with Crippen molar-refractivity contribution in [3.05, 3.63) is 0 Å². The van der Waals surface area contributed by atoms with Crippen LogP contribution in [0.3, 0.4) is 0 Å². The van der Waals surface area contributed by atoms with Gasteiger partial charge in [0.05, 0.1) is 0 Å². The largest absolute Gasteiger partial charge is 0.444 e. The third-order valence-corrected chi connectivity index (χ3v) is 3.86. The molecule has 2 aliphatic heterocycles. The molecule has 6 heteroatoms. The molecule has 120 valence electrons. The first-order chi connectivity index (χ1) is 9.85. The van der Waals surface area contributed by atoms with Gasteiger partial charge in [-0.25, -0.2) is 9.59 Å². The van der Waals surface area contributed by atoms with Crippen molar-refractivity contribution in [3.63, 3.8) is 0 Å². The van der Waals surface area contributed by atoms with Gasteiger partial charge in [0.2, 0.25) is 0 Å². The monoisotopic (exact) mass is 297 g/mol. The summed E-state index contributed by atoms with van der Waals surface area (Å²) in [5.74, 6) is 0. The van der Waals surface area contributed by atoms with Gasteiger partial charge in [-0.15, -0.1) is 0 Å². The van der Waals surface area contributed by atoms with Gasteiger partial charge in [-0.3, -0.25) is 0 Å². The summed E-state index contributed by atoms with van der Waals surface area (Å²) in [5, 5.41) is 2.89. The zero-order chi connectivity index (χ0) is 15.5. The Morgan fingerprint density at radius 3 is 2.05 bits per heavy atom. The molecule has 6 nitrogen and oxygen atoms in total. The molecule has 0 radical (unpaired) electrons. The number of piperidine rings is 1. The first kappa shape index (κ1) is 15.9. The number of nitrogens with zero attached hydrogens (tertiary/aromatic N) is 2. The second-order valence-corrected chi connectivity index (χ2v) is 6.88. The Hall–Kier alpha value is -1.46. The molecule has 0 atom stereocenters. The van der Waals surface area contributed by atoms with E-state index in [4.69, 9.17) is 4.74 Å². The number of alkyl carbamates (subject to hydrolysis) is 1. The highest BCUT2D eigenvalue weighted by molar-refractivity contribution is 5.75. The minimum Gasteiger partial charge on any atom is -0.444 e. The molecule has 2 saturated heterocycles. The van der Waals surface area contributed by atoms with Crippen molar-refractivity contribution in [1.29, 1.82) is 0 Å². The molecule has 3 amide bonds. The van der Waals surface area contributed by atoms with Crippen LogP contribution in [0.5, 0.6) is 0 Å². The van der Waals surface area contributed by atoms with E-state index in [9.17, 15) is 9.59 Å². The Kier molecular flexibility index (Phi) is 4.96. The molecular formula is C15H27N3O3. The quantitative estimate of drug-likeness (QED) is 0.807. The normalized spacial score (nSPS) is 20.5. The van der Waals surface area contributed by atoms with E-state index in [1.807, 2.05) is 30.6 Å². The lowest BCUT2D eigenvalue weighted by atomic mass is 10.1. The number of rotatable bonds is 1. The van der Waals surface area contributed by atoms with Crippen LogP contribution in [0, 0.1) is 0 Å². The van der Waals surface area contributed by atoms with Gasteiger partial charge in [-0.1, -0.05) is 0 Å². The number of carbonyl (C=O) groups excluding carboxylic acids is 2. The average molecular weight is 297 g/mol. The molecule has 0 aromatic carbocycles. The number of hydrogen-bond donors (Lipinski definition) is 1. The molecule has 0 spiro atoms. The van der Waals surface area contributed by atoms with Crippen LogP contribution in [0.15, 0.2) is 0 Å². The number of likely N-dealkylation sites (tertiary alicyclic amines) is 2. The van der Waals surface area contributed by atoms with Crippen molar-refractivity contribution in [3.8, 4) is 0 Å². The van der Waals surface area contributed by atoms with E-state index in [0.29, 0.717) is 13.1 Å². The predicted molar refractivity (Wildman–Crippen MR) is 80.2 cm³/mol.